The van der Waals surface area contributed by atoms with Gasteiger partial charge >= 0.3 is 23.9 Å². The number of hydrogen-bond donors (Lipinski definition) is 8. The van der Waals surface area contributed by atoms with Crippen LogP contribution in [0.5, 0.6) is 0 Å². The highest BCUT2D eigenvalue weighted by Gasteiger charge is 2.34. The number of carboxylic acid groups (broad SMARTS) is 4. The molecule has 748 valence electrons. The largest absolute Gasteiger partial charge is 0.481 e. The SMILES string of the molecule is C=C(/C=N\C=C(/C)c1c(C)ccc(-c2cc(=O)n([C@@H](CC(C)C)C(=O)N[C@@H](CC(=O)O)c3cncc(-c4c(C)ccc(-c5cc(=O)n([C@@H](CC(C)C)C(=O)N[C@H](CC(=O)O)C(=C)/C=N\C=C(/C)c6c(C)cccc6C)cc5C)c4C)c3)cc2C)c1C)[C@@H](CC(=O)O)NC(=O)[C@@H](CC(C)C)n1ccc(-c2ccc(C)c(/C(C)=C/N=C\C(=C)[C@@H](CC(=O)O)NC(=O)[C@H](CC(C)C)n3ccc(C)cc3=O)c2C)cc1=O. The molecule has 0 aliphatic heterocycles. The van der Waals surface area contributed by atoms with Crippen LogP contribution in [0.3, 0.4) is 0 Å². The summed E-state index contributed by atoms with van der Waals surface area (Å²) < 4.78 is 5.43. The van der Waals surface area contributed by atoms with Crippen LogP contribution >= 0.6 is 0 Å². The maximum atomic E-state index is 15.1. The molecule has 0 saturated carbocycles. The van der Waals surface area contributed by atoms with Crippen molar-refractivity contribution in [1.82, 2.24) is 44.5 Å². The Morgan fingerprint density at radius 3 is 1.11 bits per heavy atom. The van der Waals surface area contributed by atoms with Crippen molar-refractivity contribution in [3.8, 4) is 44.5 Å². The number of carbonyl (C=O) groups is 8. The maximum Gasteiger partial charge on any atom is 0.305 e. The minimum absolute atomic E-state index is 0.0148. The Kier molecular flexibility index (Phi) is 38.4. The van der Waals surface area contributed by atoms with Gasteiger partial charge in [0.2, 0.25) is 23.6 Å². The van der Waals surface area contributed by atoms with E-state index in [1.807, 2.05) is 200 Å². The number of aromatic nitrogens is 5. The number of carboxylic acids is 4. The first-order valence-corrected chi connectivity index (χ1v) is 47.8. The van der Waals surface area contributed by atoms with Crippen LogP contribution in [0.25, 0.3) is 61.2 Å². The van der Waals surface area contributed by atoms with Gasteiger partial charge in [0.1, 0.15) is 24.2 Å². The van der Waals surface area contributed by atoms with Gasteiger partial charge in [-0.05, 0) is 320 Å². The smallest absolute Gasteiger partial charge is 0.305 e. The molecule has 0 aliphatic carbocycles. The van der Waals surface area contributed by atoms with Crippen molar-refractivity contribution in [2.45, 2.75) is 252 Å². The summed E-state index contributed by atoms with van der Waals surface area (Å²) in [7, 11) is 0. The standard InChI is InChI=1S/C114H136N12O16/c1-62(2)39-95(123-37-35-66(9)43-99(123)127)111(139)119-91(48-103(131)132)73(16)53-116-56-76(19)108-69(12)29-32-86(80(108)23)83-36-38-124(100(128)45-83)96(40-63(3)4)112(140)120-92(49-104(133)134)74(17)54-117-57-77(20)109-70(13)30-33-87(81(109)24)89-46-101(129)126(60-78(89)21)98(42-65(7)8)114(142)122-94(51-106(137)138)84-44-85(59-118-58-84)110-71(14)31-34-88(82(110)25)90-47-102(130)125(61-79(90)22)97(41-64(5)6)113(141)121-93(50-105(135)136)72(15)52-115-55-75(18)107-67(10)27-26-28-68(107)11/h26-38,43-47,52-65,91-98H,15-17,39-42,48-51H2,1-14,18-25H3,(H,119,139)(H,120,140)(H,121,141)(H,122,142)(H,131,132)(H,133,134)(H,135,136)(H,137,138)/b75-55+,76-56+,77-57+,115-52-,116-53-,117-54-/t91-,92-,93-,94+,95+,96-,97+,98+/m1/s1. The van der Waals surface area contributed by atoms with Gasteiger partial charge in [-0.3, -0.25) is 77.5 Å². The normalized spacial score (nSPS) is 13.8. The second kappa shape index (κ2) is 49.2. The molecule has 28 heteroatoms. The summed E-state index contributed by atoms with van der Waals surface area (Å²) in [5.41, 5.74) is 18.3. The van der Waals surface area contributed by atoms with Gasteiger partial charge in [-0.2, -0.15) is 0 Å². The number of amides is 4. The van der Waals surface area contributed by atoms with Crippen molar-refractivity contribution in [2.75, 3.05) is 0 Å². The van der Waals surface area contributed by atoms with Gasteiger partial charge in [0, 0.05) is 104 Å². The van der Waals surface area contributed by atoms with Crippen LogP contribution in [-0.4, -0.2) is 128 Å². The lowest BCUT2D eigenvalue weighted by atomic mass is 9.88. The molecular weight excluding hydrogens is 1790 g/mol. The van der Waals surface area contributed by atoms with Crippen molar-refractivity contribution in [2.24, 2.45) is 38.6 Å². The lowest BCUT2D eigenvalue weighted by Crippen LogP contribution is -2.44. The van der Waals surface area contributed by atoms with Crippen molar-refractivity contribution in [3.63, 3.8) is 0 Å². The zero-order valence-electron chi connectivity index (χ0n) is 85.6. The fourth-order valence-electron chi connectivity index (χ4n) is 18.7. The molecule has 0 bridgehead atoms. The van der Waals surface area contributed by atoms with Crippen molar-refractivity contribution < 1.29 is 58.8 Å². The summed E-state index contributed by atoms with van der Waals surface area (Å²) in [6, 6.07) is 19.9. The Morgan fingerprint density at radius 2 is 0.711 bits per heavy atom. The van der Waals surface area contributed by atoms with Crippen LogP contribution in [0.4, 0.5) is 0 Å². The van der Waals surface area contributed by atoms with Gasteiger partial charge in [0.25, 0.3) is 22.2 Å². The van der Waals surface area contributed by atoms with E-state index >= 15 is 4.79 Å². The molecule has 0 aliphatic rings. The van der Waals surface area contributed by atoms with Gasteiger partial charge in [0.05, 0.1) is 49.9 Å². The molecule has 0 radical (unpaired) electrons. The molecule has 142 heavy (non-hydrogen) atoms. The summed E-state index contributed by atoms with van der Waals surface area (Å²) in [6.45, 7) is 54.2. The fraction of sp³-hybridized carbons (Fsp3) is 0.368. The summed E-state index contributed by atoms with van der Waals surface area (Å²) in [5.74, 6) is -7.45. The van der Waals surface area contributed by atoms with Crippen LogP contribution in [0.1, 0.15) is 241 Å². The number of aryl methyl sites for hydroxylation is 8. The van der Waals surface area contributed by atoms with E-state index in [9.17, 15) is 73.2 Å². The Morgan fingerprint density at radius 1 is 0.366 bits per heavy atom. The number of benzene rings is 4. The molecule has 4 amide bonds. The molecule has 4 aromatic carbocycles. The third kappa shape index (κ3) is 28.5. The maximum absolute atomic E-state index is 15.1. The minimum Gasteiger partial charge on any atom is -0.481 e. The van der Waals surface area contributed by atoms with E-state index in [-0.39, 0.29) is 65.2 Å². The van der Waals surface area contributed by atoms with E-state index in [0.29, 0.717) is 73.2 Å². The average molecular weight is 1930 g/mol. The van der Waals surface area contributed by atoms with E-state index in [4.69, 9.17) is 0 Å². The molecule has 28 nitrogen and oxygen atoms in total. The van der Waals surface area contributed by atoms with E-state index in [1.54, 1.807) is 74.7 Å². The molecular formula is C114H136N12O16. The van der Waals surface area contributed by atoms with Crippen LogP contribution < -0.4 is 43.5 Å². The predicted molar refractivity (Wildman–Crippen MR) is 564 cm³/mol. The summed E-state index contributed by atoms with van der Waals surface area (Å²) in [4.78, 5) is 183. The first kappa shape index (κ1) is 111. The molecule has 9 rings (SSSR count). The van der Waals surface area contributed by atoms with E-state index in [2.05, 4.69) is 61.0 Å². The number of aliphatic carboxylic acids is 4. The van der Waals surface area contributed by atoms with Gasteiger partial charge in [0.15, 0.2) is 0 Å². The van der Waals surface area contributed by atoms with Gasteiger partial charge in [-0.15, -0.1) is 0 Å². The average Bonchev–Trinajstić information content (AvgIpc) is 0.765. The predicted octanol–water partition coefficient (Wildman–Crippen LogP) is 19.4. The third-order valence-corrected chi connectivity index (χ3v) is 25.6. The van der Waals surface area contributed by atoms with Crippen molar-refractivity contribution in [1.29, 1.82) is 0 Å². The van der Waals surface area contributed by atoms with Gasteiger partial charge in [-0.25, -0.2) is 0 Å². The van der Waals surface area contributed by atoms with Gasteiger partial charge < -0.3 is 60.0 Å². The molecule has 0 fully saturated rings. The van der Waals surface area contributed by atoms with Crippen LogP contribution in [0.15, 0.2) is 223 Å². The number of nitrogens with one attached hydrogen (secondary N) is 4. The molecule has 8 atom stereocenters. The Labute approximate surface area is 830 Å². The minimum atomic E-state index is -1.24. The number of rotatable bonds is 45. The molecule has 0 saturated heterocycles. The van der Waals surface area contributed by atoms with Crippen molar-refractivity contribution >= 4 is 82.9 Å². The lowest BCUT2D eigenvalue weighted by Gasteiger charge is -2.26. The molecule has 0 unspecified atom stereocenters. The van der Waals surface area contributed by atoms with Crippen LogP contribution in [-0.2, 0) is 38.4 Å². The summed E-state index contributed by atoms with van der Waals surface area (Å²) in [6.07, 6.45) is 17.4. The highest BCUT2D eigenvalue weighted by molar-refractivity contribution is 5.92. The first-order chi connectivity index (χ1) is 66.8. The fourth-order valence-corrected chi connectivity index (χ4v) is 18.7. The van der Waals surface area contributed by atoms with Crippen LogP contribution in [0, 0.1) is 99.8 Å². The second-order valence-corrected chi connectivity index (χ2v) is 39.1. The highest BCUT2D eigenvalue weighted by Crippen LogP contribution is 2.40. The highest BCUT2D eigenvalue weighted by atomic mass is 16.4. The number of carbonyl (C=O) groups excluding carboxylic acids is 4. The summed E-state index contributed by atoms with van der Waals surface area (Å²) in [5, 5.41) is 52.3. The van der Waals surface area contributed by atoms with E-state index in [1.165, 1.54) is 67.4 Å². The second-order valence-electron chi connectivity index (χ2n) is 39.1. The zero-order chi connectivity index (χ0) is 105. The molecule has 9 aromatic rings. The lowest BCUT2D eigenvalue weighted by molar-refractivity contribution is -0.139. The number of nitrogens with zero attached hydrogens (tertiary/aromatic N) is 8. The monoisotopic (exact) mass is 1930 g/mol. The van der Waals surface area contributed by atoms with Crippen molar-refractivity contribution in [3.05, 3.63) is 314 Å². The Balaban J connectivity index is 0.905. The number of allylic oxidation sites excluding steroid dienone is 3. The quantitative estimate of drug-likeness (QED) is 0.0164. The zero-order valence-corrected chi connectivity index (χ0v) is 85.6. The number of hydrogen-bond acceptors (Lipinski definition) is 16. The molecule has 0 spiro atoms. The molecule has 5 aromatic heterocycles. The van der Waals surface area contributed by atoms with E-state index in [0.717, 1.165) is 77.9 Å². The molecule has 5 heterocycles. The summed E-state index contributed by atoms with van der Waals surface area (Å²) >= 11 is 0. The first-order valence-electron chi connectivity index (χ1n) is 47.8. The number of aliphatic imine (C=N–C) groups is 3. The van der Waals surface area contributed by atoms with Crippen LogP contribution in [0.2, 0.25) is 0 Å². The third-order valence-electron chi connectivity index (χ3n) is 25.6. The Hall–Kier alpha value is -15.0. The topological polar surface area (TPSA) is 404 Å². The number of pyridine rings is 5. The van der Waals surface area contributed by atoms with Gasteiger partial charge in [-0.1, -0.05) is 130 Å². The molecule has 8 N–H and O–H groups in total. The Bertz CT molecular complexity index is 6820. The van der Waals surface area contributed by atoms with E-state index < -0.39 is 138 Å².